The van der Waals surface area contributed by atoms with Crippen molar-refractivity contribution in [3.8, 4) is 0 Å². The number of halogens is 2. The molecule has 1 atom stereocenters. The Morgan fingerprint density at radius 1 is 1.59 bits per heavy atom. The van der Waals surface area contributed by atoms with Crippen molar-refractivity contribution in [2.45, 2.75) is 19.8 Å². The first-order chi connectivity index (χ1) is 8.09. The Morgan fingerprint density at radius 2 is 2.35 bits per heavy atom. The summed E-state index contributed by atoms with van der Waals surface area (Å²) in [5.74, 6) is -0.638. The average Bonchev–Trinajstić information content (AvgIpc) is 2.78. The van der Waals surface area contributed by atoms with Gasteiger partial charge in [0.15, 0.2) is 5.78 Å². The zero-order valence-corrected chi connectivity index (χ0v) is 10.5. The SMILES string of the molecule is CCC1(C(=O)c2ccc(Cl)cc2F)CCNC1. The quantitative estimate of drug-likeness (QED) is 0.841. The lowest BCUT2D eigenvalue weighted by molar-refractivity contribution is 0.0806. The fourth-order valence-electron chi connectivity index (χ4n) is 2.36. The third-order valence-corrected chi connectivity index (χ3v) is 3.81. The Balaban J connectivity index is 2.36. The molecule has 1 unspecified atom stereocenters. The first-order valence-electron chi connectivity index (χ1n) is 5.79. The van der Waals surface area contributed by atoms with Gasteiger partial charge in [-0.1, -0.05) is 18.5 Å². The summed E-state index contributed by atoms with van der Waals surface area (Å²) in [5.41, 5.74) is -0.297. The summed E-state index contributed by atoms with van der Waals surface area (Å²) >= 11 is 5.69. The van der Waals surface area contributed by atoms with Gasteiger partial charge in [-0.3, -0.25) is 4.79 Å². The van der Waals surface area contributed by atoms with Gasteiger partial charge in [0.25, 0.3) is 0 Å². The Kier molecular flexibility index (Phi) is 3.50. The fourth-order valence-corrected chi connectivity index (χ4v) is 2.52. The lowest BCUT2D eigenvalue weighted by Gasteiger charge is -2.25. The highest BCUT2D eigenvalue weighted by Gasteiger charge is 2.40. The molecule has 1 heterocycles. The van der Waals surface area contributed by atoms with Crippen molar-refractivity contribution in [1.29, 1.82) is 0 Å². The van der Waals surface area contributed by atoms with E-state index in [9.17, 15) is 9.18 Å². The van der Waals surface area contributed by atoms with Gasteiger partial charge in [-0.25, -0.2) is 4.39 Å². The predicted molar refractivity (Wildman–Crippen MR) is 66.0 cm³/mol. The van der Waals surface area contributed by atoms with Crippen LogP contribution in [-0.4, -0.2) is 18.9 Å². The Hall–Kier alpha value is -0.930. The fraction of sp³-hybridized carbons (Fsp3) is 0.462. The average molecular weight is 256 g/mol. The standard InChI is InChI=1S/C13H15ClFNO/c1-2-13(5-6-16-8-13)12(17)10-4-3-9(14)7-11(10)15/h3-4,7,16H,2,5-6,8H2,1H3. The minimum absolute atomic E-state index is 0.112. The summed E-state index contributed by atoms with van der Waals surface area (Å²) in [7, 11) is 0. The molecule has 1 aromatic rings. The van der Waals surface area contributed by atoms with Gasteiger partial charge < -0.3 is 5.32 Å². The smallest absolute Gasteiger partial charge is 0.173 e. The van der Waals surface area contributed by atoms with E-state index in [1.807, 2.05) is 6.92 Å². The minimum atomic E-state index is -0.526. The zero-order valence-electron chi connectivity index (χ0n) is 9.72. The predicted octanol–water partition coefficient (Wildman–Crippen LogP) is 3.05. The third kappa shape index (κ3) is 2.22. The molecule has 1 fully saturated rings. The van der Waals surface area contributed by atoms with E-state index in [1.165, 1.54) is 12.1 Å². The van der Waals surface area contributed by atoms with Crippen molar-refractivity contribution in [2.75, 3.05) is 13.1 Å². The van der Waals surface area contributed by atoms with Crippen molar-refractivity contribution in [2.24, 2.45) is 5.41 Å². The summed E-state index contributed by atoms with van der Waals surface area (Å²) in [5, 5.41) is 3.49. The number of hydrogen-bond acceptors (Lipinski definition) is 2. The highest BCUT2D eigenvalue weighted by Crippen LogP contribution is 2.34. The zero-order chi connectivity index (χ0) is 12.5. The second-order valence-electron chi connectivity index (χ2n) is 4.51. The summed E-state index contributed by atoms with van der Waals surface area (Å²) in [6, 6.07) is 4.24. The Morgan fingerprint density at radius 3 is 2.88 bits per heavy atom. The molecule has 0 aliphatic carbocycles. The van der Waals surface area contributed by atoms with Crippen LogP contribution >= 0.6 is 11.6 Å². The topological polar surface area (TPSA) is 29.1 Å². The van der Waals surface area contributed by atoms with E-state index < -0.39 is 11.2 Å². The van der Waals surface area contributed by atoms with Gasteiger partial charge in [-0.15, -0.1) is 0 Å². The lowest BCUT2D eigenvalue weighted by atomic mass is 9.77. The van der Waals surface area contributed by atoms with Crippen molar-refractivity contribution in [1.82, 2.24) is 5.32 Å². The van der Waals surface area contributed by atoms with Crippen molar-refractivity contribution in [3.63, 3.8) is 0 Å². The number of rotatable bonds is 3. The second-order valence-corrected chi connectivity index (χ2v) is 4.95. The van der Waals surface area contributed by atoms with Crippen LogP contribution < -0.4 is 5.32 Å². The maximum atomic E-state index is 13.7. The van der Waals surface area contributed by atoms with Crippen LogP contribution in [0.4, 0.5) is 4.39 Å². The van der Waals surface area contributed by atoms with Crippen LogP contribution in [0.15, 0.2) is 18.2 Å². The van der Waals surface area contributed by atoms with E-state index in [-0.39, 0.29) is 11.3 Å². The van der Waals surface area contributed by atoms with Crippen LogP contribution in [0.1, 0.15) is 30.1 Å². The minimum Gasteiger partial charge on any atom is -0.316 e. The number of hydrogen-bond donors (Lipinski definition) is 1. The van der Waals surface area contributed by atoms with E-state index in [2.05, 4.69) is 5.32 Å². The number of carbonyl (C=O) groups is 1. The van der Waals surface area contributed by atoms with Gasteiger partial charge in [0.05, 0.1) is 5.56 Å². The van der Waals surface area contributed by atoms with E-state index >= 15 is 0 Å². The Bertz CT molecular complexity index is 441. The molecule has 1 N–H and O–H groups in total. The van der Waals surface area contributed by atoms with E-state index in [0.717, 1.165) is 19.4 Å². The summed E-state index contributed by atoms with van der Waals surface area (Å²) in [4.78, 5) is 12.4. The van der Waals surface area contributed by atoms with Crippen LogP contribution in [0.2, 0.25) is 5.02 Å². The van der Waals surface area contributed by atoms with Gasteiger partial charge in [0, 0.05) is 17.0 Å². The number of carbonyl (C=O) groups excluding carboxylic acids is 1. The molecule has 17 heavy (non-hydrogen) atoms. The molecule has 0 radical (unpaired) electrons. The largest absolute Gasteiger partial charge is 0.316 e. The molecule has 0 spiro atoms. The lowest BCUT2D eigenvalue weighted by Crippen LogP contribution is -2.33. The van der Waals surface area contributed by atoms with Crippen LogP contribution in [0.25, 0.3) is 0 Å². The number of nitrogens with one attached hydrogen (secondary N) is 1. The molecular formula is C13H15ClFNO. The summed E-state index contributed by atoms with van der Waals surface area (Å²) in [6.07, 6.45) is 1.49. The first-order valence-corrected chi connectivity index (χ1v) is 6.17. The van der Waals surface area contributed by atoms with Crippen LogP contribution in [0, 0.1) is 11.2 Å². The highest BCUT2D eigenvalue weighted by molar-refractivity contribution is 6.30. The molecule has 0 saturated carbocycles. The van der Waals surface area contributed by atoms with Crippen molar-refractivity contribution in [3.05, 3.63) is 34.6 Å². The molecule has 0 aromatic heterocycles. The molecule has 2 rings (SSSR count). The first kappa shape index (κ1) is 12.5. The number of benzene rings is 1. The molecule has 1 aliphatic heterocycles. The monoisotopic (exact) mass is 255 g/mol. The van der Waals surface area contributed by atoms with Gasteiger partial charge in [-0.2, -0.15) is 0 Å². The van der Waals surface area contributed by atoms with E-state index in [4.69, 9.17) is 11.6 Å². The normalized spacial score (nSPS) is 23.9. The molecular weight excluding hydrogens is 241 g/mol. The molecule has 4 heteroatoms. The van der Waals surface area contributed by atoms with E-state index in [1.54, 1.807) is 6.07 Å². The molecule has 1 aliphatic rings. The van der Waals surface area contributed by atoms with Crippen LogP contribution in [0.3, 0.4) is 0 Å². The van der Waals surface area contributed by atoms with Crippen LogP contribution in [0.5, 0.6) is 0 Å². The highest BCUT2D eigenvalue weighted by atomic mass is 35.5. The summed E-state index contributed by atoms with van der Waals surface area (Å²) < 4.78 is 13.7. The van der Waals surface area contributed by atoms with E-state index in [0.29, 0.717) is 11.6 Å². The van der Waals surface area contributed by atoms with Gasteiger partial charge in [0.1, 0.15) is 5.82 Å². The third-order valence-electron chi connectivity index (χ3n) is 3.58. The molecule has 2 nitrogen and oxygen atoms in total. The van der Waals surface area contributed by atoms with Crippen LogP contribution in [-0.2, 0) is 0 Å². The van der Waals surface area contributed by atoms with Gasteiger partial charge in [0.2, 0.25) is 0 Å². The summed E-state index contributed by atoms with van der Waals surface area (Å²) in [6.45, 7) is 3.41. The molecule has 0 amide bonds. The maximum Gasteiger partial charge on any atom is 0.173 e. The molecule has 92 valence electrons. The maximum absolute atomic E-state index is 13.7. The molecule has 1 aromatic carbocycles. The number of ketones is 1. The van der Waals surface area contributed by atoms with Crippen molar-refractivity contribution < 1.29 is 9.18 Å². The Labute approximate surface area is 105 Å². The molecule has 0 bridgehead atoms. The number of Topliss-reactive ketones (excluding diaryl/α,β-unsaturated/α-hetero) is 1. The van der Waals surface area contributed by atoms with Gasteiger partial charge >= 0.3 is 0 Å². The van der Waals surface area contributed by atoms with Crippen molar-refractivity contribution >= 4 is 17.4 Å². The molecule has 1 saturated heterocycles. The second kappa shape index (κ2) is 4.75. The van der Waals surface area contributed by atoms with Gasteiger partial charge in [-0.05, 0) is 37.6 Å².